The molecule has 0 radical (unpaired) electrons. The monoisotopic (exact) mass is 331 g/mol. The Hall–Kier alpha value is -2.01. The molecular formula is C19H25NO4. The van der Waals surface area contributed by atoms with Gasteiger partial charge in [-0.1, -0.05) is 12.2 Å². The number of likely N-dealkylation sites (tertiary alicyclic amines) is 1. The number of rotatable bonds is 3. The molecule has 0 saturated carbocycles. The van der Waals surface area contributed by atoms with Crippen LogP contribution in [0.2, 0.25) is 0 Å². The van der Waals surface area contributed by atoms with Crippen molar-refractivity contribution in [1.29, 1.82) is 0 Å². The molecular weight excluding hydrogens is 306 g/mol. The Bertz CT molecular complexity index is 618. The number of hydrogen-bond donors (Lipinski definition) is 1. The van der Waals surface area contributed by atoms with Gasteiger partial charge in [-0.15, -0.1) is 0 Å². The predicted molar refractivity (Wildman–Crippen MR) is 91.4 cm³/mol. The van der Waals surface area contributed by atoms with Crippen molar-refractivity contribution < 1.29 is 19.4 Å². The third kappa shape index (κ3) is 3.56. The molecule has 3 rings (SSSR count). The fourth-order valence-corrected chi connectivity index (χ4v) is 3.44. The molecule has 1 amide bonds. The highest BCUT2D eigenvalue weighted by atomic mass is 16.5. The Morgan fingerprint density at radius 3 is 2.88 bits per heavy atom. The normalized spacial score (nSPS) is 20.0. The Morgan fingerprint density at radius 2 is 2.12 bits per heavy atom. The Kier molecular flexibility index (Phi) is 5.09. The molecule has 2 aliphatic heterocycles. The number of benzene rings is 1. The lowest BCUT2D eigenvalue weighted by molar-refractivity contribution is 0.0163. The van der Waals surface area contributed by atoms with Crippen LogP contribution in [-0.4, -0.2) is 48.8 Å². The minimum atomic E-state index is -0.00381. The van der Waals surface area contributed by atoms with Gasteiger partial charge in [0.25, 0.3) is 5.91 Å². The lowest BCUT2D eigenvalue weighted by Crippen LogP contribution is -2.44. The summed E-state index contributed by atoms with van der Waals surface area (Å²) >= 11 is 0. The summed E-state index contributed by atoms with van der Waals surface area (Å²) in [5.41, 5.74) is 0.735. The van der Waals surface area contributed by atoms with Crippen LogP contribution in [0.5, 0.6) is 11.5 Å². The van der Waals surface area contributed by atoms with Crippen LogP contribution in [0.15, 0.2) is 30.4 Å². The number of phenols is 1. The second kappa shape index (κ2) is 7.26. The molecule has 1 spiro atoms. The van der Waals surface area contributed by atoms with Gasteiger partial charge in [0.05, 0.1) is 19.8 Å². The van der Waals surface area contributed by atoms with Crippen LogP contribution < -0.4 is 4.74 Å². The van der Waals surface area contributed by atoms with Crippen molar-refractivity contribution >= 4 is 5.91 Å². The number of carbonyl (C=O) groups is 1. The van der Waals surface area contributed by atoms with Crippen LogP contribution in [0.4, 0.5) is 0 Å². The van der Waals surface area contributed by atoms with Gasteiger partial charge in [-0.3, -0.25) is 4.79 Å². The predicted octanol–water partition coefficient (Wildman–Crippen LogP) is 2.99. The van der Waals surface area contributed by atoms with Crippen molar-refractivity contribution in [2.75, 3.05) is 32.9 Å². The number of aromatic hydroxyl groups is 1. The van der Waals surface area contributed by atoms with Crippen molar-refractivity contribution in [2.45, 2.75) is 26.2 Å². The van der Waals surface area contributed by atoms with E-state index in [1.165, 1.54) is 6.07 Å². The standard InChI is InChI=1S/C19H25NO4/c1-2-24-17-13-15(5-6-16(17)21)18(22)20-10-8-19(9-11-20)7-3-4-12-23-14-19/h3-6,13,21H,2,7-12,14H2,1H3. The fraction of sp³-hybridized carbons (Fsp3) is 0.526. The molecule has 0 unspecified atom stereocenters. The molecule has 0 bridgehead atoms. The number of piperidine rings is 1. The van der Waals surface area contributed by atoms with Crippen molar-refractivity contribution in [3.8, 4) is 11.5 Å². The summed E-state index contributed by atoms with van der Waals surface area (Å²) in [6.45, 7) is 5.24. The van der Waals surface area contributed by atoms with E-state index in [9.17, 15) is 9.90 Å². The molecule has 2 heterocycles. The smallest absolute Gasteiger partial charge is 0.253 e. The molecule has 1 N–H and O–H groups in total. The van der Waals surface area contributed by atoms with Gasteiger partial charge < -0.3 is 19.5 Å². The van der Waals surface area contributed by atoms with Gasteiger partial charge in [-0.05, 0) is 44.4 Å². The average molecular weight is 331 g/mol. The number of allylic oxidation sites excluding steroid dienone is 1. The summed E-state index contributed by atoms with van der Waals surface area (Å²) in [5, 5.41) is 9.78. The number of hydrogen-bond acceptors (Lipinski definition) is 4. The number of amides is 1. The molecule has 0 aliphatic carbocycles. The number of nitrogens with zero attached hydrogens (tertiary/aromatic N) is 1. The topological polar surface area (TPSA) is 59.0 Å². The minimum absolute atomic E-state index is 0.00381. The van der Waals surface area contributed by atoms with E-state index in [1.807, 2.05) is 11.8 Å². The highest BCUT2D eigenvalue weighted by Gasteiger charge is 2.36. The van der Waals surface area contributed by atoms with E-state index in [4.69, 9.17) is 9.47 Å². The van der Waals surface area contributed by atoms with Crippen molar-refractivity contribution in [3.05, 3.63) is 35.9 Å². The Labute approximate surface area is 142 Å². The molecule has 1 fully saturated rings. The van der Waals surface area contributed by atoms with E-state index >= 15 is 0 Å². The first kappa shape index (κ1) is 16.8. The quantitative estimate of drug-likeness (QED) is 0.865. The zero-order valence-corrected chi connectivity index (χ0v) is 14.2. The van der Waals surface area contributed by atoms with Crippen molar-refractivity contribution in [1.82, 2.24) is 4.90 Å². The molecule has 1 aromatic rings. The van der Waals surface area contributed by atoms with Gasteiger partial charge in [0.15, 0.2) is 11.5 Å². The van der Waals surface area contributed by atoms with Crippen LogP contribution in [0, 0.1) is 5.41 Å². The third-order valence-corrected chi connectivity index (χ3v) is 4.96. The largest absolute Gasteiger partial charge is 0.504 e. The highest BCUT2D eigenvalue weighted by Crippen LogP contribution is 2.37. The van der Waals surface area contributed by atoms with Crippen LogP contribution in [0.1, 0.15) is 36.5 Å². The molecule has 5 nitrogen and oxygen atoms in total. The number of phenolic OH excluding ortho intramolecular Hbond substituents is 1. The van der Waals surface area contributed by atoms with E-state index in [-0.39, 0.29) is 17.1 Å². The Morgan fingerprint density at radius 1 is 1.33 bits per heavy atom. The second-order valence-electron chi connectivity index (χ2n) is 6.60. The molecule has 130 valence electrons. The first-order valence-corrected chi connectivity index (χ1v) is 8.61. The number of ether oxygens (including phenoxy) is 2. The SMILES string of the molecule is CCOc1cc(C(=O)N2CCC3(CC=CCOC3)CC2)ccc1O. The zero-order valence-electron chi connectivity index (χ0n) is 14.2. The van der Waals surface area contributed by atoms with Crippen LogP contribution in [0.3, 0.4) is 0 Å². The summed E-state index contributed by atoms with van der Waals surface area (Å²) in [5.74, 6) is 0.420. The summed E-state index contributed by atoms with van der Waals surface area (Å²) < 4.78 is 11.1. The summed E-state index contributed by atoms with van der Waals surface area (Å²) in [6.07, 6.45) is 7.23. The summed E-state index contributed by atoms with van der Waals surface area (Å²) in [6, 6.07) is 4.80. The van der Waals surface area contributed by atoms with Gasteiger partial charge in [0.1, 0.15) is 0 Å². The summed E-state index contributed by atoms with van der Waals surface area (Å²) in [7, 11) is 0. The Balaban J connectivity index is 1.67. The average Bonchev–Trinajstić information content (AvgIpc) is 2.83. The van der Waals surface area contributed by atoms with Gasteiger partial charge in [-0.25, -0.2) is 0 Å². The number of carbonyl (C=O) groups excluding carboxylic acids is 1. The highest BCUT2D eigenvalue weighted by molar-refractivity contribution is 5.95. The van der Waals surface area contributed by atoms with E-state index < -0.39 is 0 Å². The minimum Gasteiger partial charge on any atom is -0.504 e. The van der Waals surface area contributed by atoms with Crippen molar-refractivity contribution in [2.24, 2.45) is 5.41 Å². The molecule has 1 aromatic carbocycles. The third-order valence-electron chi connectivity index (χ3n) is 4.96. The molecule has 0 aromatic heterocycles. The van der Waals surface area contributed by atoms with E-state index in [2.05, 4.69) is 12.2 Å². The summed E-state index contributed by atoms with van der Waals surface area (Å²) in [4.78, 5) is 14.6. The maximum atomic E-state index is 12.8. The van der Waals surface area contributed by atoms with Gasteiger partial charge >= 0.3 is 0 Å². The molecule has 2 aliphatic rings. The first-order chi connectivity index (χ1) is 11.6. The van der Waals surface area contributed by atoms with E-state index in [0.717, 1.165) is 39.0 Å². The van der Waals surface area contributed by atoms with Gasteiger partial charge in [0.2, 0.25) is 0 Å². The maximum absolute atomic E-state index is 12.8. The fourth-order valence-electron chi connectivity index (χ4n) is 3.44. The molecule has 1 saturated heterocycles. The van der Waals surface area contributed by atoms with Crippen molar-refractivity contribution in [3.63, 3.8) is 0 Å². The van der Waals surface area contributed by atoms with Crippen LogP contribution in [0.25, 0.3) is 0 Å². The van der Waals surface area contributed by atoms with Crippen LogP contribution >= 0.6 is 0 Å². The molecule has 5 heteroatoms. The van der Waals surface area contributed by atoms with Gasteiger partial charge in [-0.2, -0.15) is 0 Å². The molecule has 0 atom stereocenters. The van der Waals surface area contributed by atoms with E-state index in [1.54, 1.807) is 12.1 Å². The lowest BCUT2D eigenvalue weighted by atomic mass is 9.76. The van der Waals surface area contributed by atoms with Crippen LogP contribution in [-0.2, 0) is 4.74 Å². The first-order valence-electron chi connectivity index (χ1n) is 8.61. The zero-order chi connectivity index (χ0) is 17.0. The lowest BCUT2D eigenvalue weighted by Gasteiger charge is -2.40. The molecule has 24 heavy (non-hydrogen) atoms. The maximum Gasteiger partial charge on any atom is 0.253 e. The second-order valence-corrected chi connectivity index (χ2v) is 6.60. The van der Waals surface area contributed by atoms with Gasteiger partial charge in [0, 0.05) is 24.1 Å². The van der Waals surface area contributed by atoms with E-state index in [0.29, 0.717) is 24.5 Å².